The smallest absolute Gasteiger partial charge is 0.296 e. The van der Waals surface area contributed by atoms with Gasteiger partial charge in [0.1, 0.15) is 6.10 Å². The Morgan fingerprint density at radius 1 is 1.17 bits per heavy atom. The van der Waals surface area contributed by atoms with Crippen LogP contribution in [0.3, 0.4) is 0 Å². The molecular weight excluding hydrogens is 466 g/mol. The number of hydrogen-bond donors (Lipinski definition) is 1. The van der Waals surface area contributed by atoms with Crippen LogP contribution in [0.2, 0.25) is 5.02 Å². The van der Waals surface area contributed by atoms with E-state index in [1.54, 1.807) is 0 Å². The molecule has 2 fully saturated rings. The number of halogens is 1. The number of pyridine rings is 1. The first-order valence-electron chi connectivity index (χ1n) is 12.4. The van der Waals surface area contributed by atoms with Crippen LogP contribution in [-0.2, 0) is 9.53 Å². The van der Waals surface area contributed by atoms with Crippen LogP contribution in [0.15, 0.2) is 30.3 Å². The van der Waals surface area contributed by atoms with Crippen molar-refractivity contribution >= 4 is 34.4 Å². The molecule has 0 spiro atoms. The number of morpholine rings is 1. The number of aromatic amines is 1. The van der Waals surface area contributed by atoms with Crippen LogP contribution in [0.1, 0.15) is 33.6 Å². The number of ether oxygens (including phenoxy) is 2. The van der Waals surface area contributed by atoms with Crippen molar-refractivity contribution in [3.63, 3.8) is 0 Å². The summed E-state index contributed by atoms with van der Waals surface area (Å²) in [7, 11) is 0. The fraction of sp³-hybridized carbons (Fsp3) is 0.500. The number of fused-ring (bicyclic) bond motifs is 1. The molecule has 186 valence electrons. The first kappa shape index (κ1) is 23.9. The second-order valence-electron chi connectivity index (χ2n) is 9.68. The van der Waals surface area contributed by atoms with Gasteiger partial charge in [0, 0.05) is 55.7 Å². The molecule has 9 heteroatoms. The Hall–Kier alpha value is -2.84. The van der Waals surface area contributed by atoms with Crippen LogP contribution in [-0.4, -0.2) is 70.8 Å². The monoisotopic (exact) mass is 497 g/mol. The van der Waals surface area contributed by atoms with E-state index in [2.05, 4.69) is 33.9 Å². The highest BCUT2D eigenvalue weighted by Gasteiger charge is 2.31. The summed E-state index contributed by atoms with van der Waals surface area (Å²) in [4.78, 5) is 29.2. The van der Waals surface area contributed by atoms with E-state index >= 15 is 0 Å². The number of benzene rings is 1. The molecule has 0 aliphatic carbocycles. The van der Waals surface area contributed by atoms with Gasteiger partial charge < -0.3 is 24.3 Å². The molecule has 2 saturated heterocycles. The number of nitrogens with one attached hydrogen (secondary N) is 1. The Morgan fingerprint density at radius 3 is 2.60 bits per heavy atom. The molecule has 1 aromatic carbocycles. The number of H-pyrrole nitrogens is 1. The lowest BCUT2D eigenvalue weighted by Gasteiger charge is -2.38. The Morgan fingerprint density at radius 2 is 1.91 bits per heavy atom. The Kier molecular flexibility index (Phi) is 6.84. The number of carbonyl (C=O) groups excluding carboxylic acids is 1. The quantitative estimate of drug-likeness (QED) is 0.557. The minimum atomic E-state index is -0.00977. The molecule has 2 aliphatic rings. The van der Waals surface area contributed by atoms with Gasteiger partial charge in [-0.3, -0.25) is 4.79 Å². The minimum absolute atomic E-state index is 0.00545. The summed E-state index contributed by atoms with van der Waals surface area (Å²) in [6.07, 6.45) is 1.53. The number of hydrogen-bond acceptors (Lipinski definition) is 6. The minimum Gasteiger partial charge on any atom is -0.461 e. The van der Waals surface area contributed by atoms with E-state index in [-0.39, 0.29) is 24.0 Å². The molecule has 0 unspecified atom stereocenters. The van der Waals surface area contributed by atoms with E-state index in [0.717, 1.165) is 50.2 Å². The van der Waals surface area contributed by atoms with Crippen LogP contribution in [0, 0.1) is 5.92 Å². The Balaban J connectivity index is 1.29. The van der Waals surface area contributed by atoms with Crippen molar-refractivity contribution in [2.24, 2.45) is 5.92 Å². The van der Waals surface area contributed by atoms with Gasteiger partial charge in [-0.2, -0.15) is 4.98 Å². The first-order chi connectivity index (χ1) is 16.9. The fourth-order valence-corrected chi connectivity index (χ4v) is 5.12. The van der Waals surface area contributed by atoms with Gasteiger partial charge in [-0.1, -0.05) is 37.6 Å². The summed E-state index contributed by atoms with van der Waals surface area (Å²) in [5, 5.41) is 0.556. The highest BCUT2D eigenvalue weighted by Crippen LogP contribution is 2.31. The number of aromatic nitrogens is 3. The molecule has 8 nitrogen and oxygen atoms in total. The number of rotatable bonds is 5. The van der Waals surface area contributed by atoms with E-state index in [1.165, 1.54) is 5.69 Å². The number of nitrogens with zero attached hydrogens (tertiary/aromatic N) is 4. The Labute approximate surface area is 210 Å². The molecule has 2 aliphatic heterocycles. The highest BCUT2D eigenvalue weighted by atomic mass is 35.5. The van der Waals surface area contributed by atoms with Crippen molar-refractivity contribution in [2.75, 3.05) is 37.7 Å². The predicted molar refractivity (Wildman–Crippen MR) is 137 cm³/mol. The van der Waals surface area contributed by atoms with Crippen molar-refractivity contribution < 1.29 is 14.3 Å². The molecule has 1 amide bonds. The van der Waals surface area contributed by atoms with Crippen molar-refractivity contribution in [1.29, 1.82) is 0 Å². The van der Waals surface area contributed by atoms with Gasteiger partial charge in [0.2, 0.25) is 5.91 Å². The van der Waals surface area contributed by atoms with Crippen LogP contribution in [0.25, 0.3) is 22.4 Å². The van der Waals surface area contributed by atoms with Gasteiger partial charge in [0.05, 0.1) is 29.4 Å². The lowest BCUT2D eigenvalue weighted by molar-refractivity contribution is -0.139. The van der Waals surface area contributed by atoms with Crippen molar-refractivity contribution in [3.05, 3.63) is 35.4 Å². The topological polar surface area (TPSA) is 83.6 Å². The van der Waals surface area contributed by atoms with Gasteiger partial charge in [-0.05, 0) is 25.1 Å². The third-order valence-electron chi connectivity index (χ3n) is 6.81. The summed E-state index contributed by atoms with van der Waals surface area (Å²) >= 11 is 6.60. The van der Waals surface area contributed by atoms with Gasteiger partial charge in [-0.15, -0.1) is 0 Å². The molecule has 35 heavy (non-hydrogen) atoms. The molecule has 0 bridgehead atoms. The standard InChI is InChI=1S/C26H32ClN5O3/c1-16(2)25(33)32-9-8-20(14-17(32)3)35-26-28-22-15-21(27)23(29-24(22)30-26)18-4-6-19(7-5-18)31-10-12-34-13-11-31/h4-7,15-17,20H,8-14H2,1-3H3,(H,28,29,30)/t17-,20+/m1/s1. The summed E-state index contributed by atoms with van der Waals surface area (Å²) in [5.74, 6) is 0.204. The number of piperidine rings is 1. The van der Waals surface area contributed by atoms with Crippen LogP contribution >= 0.6 is 11.6 Å². The van der Waals surface area contributed by atoms with E-state index < -0.39 is 0 Å². The number of anilines is 1. The van der Waals surface area contributed by atoms with Gasteiger partial charge in [0.15, 0.2) is 5.65 Å². The van der Waals surface area contributed by atoms with Crippen molar-refractivity contribution in [3.8, 4) is 17.3 Å². The van der Waals surface area contributed by atoms with Crippen LogP contribution in [0.4, 0.5) is 5.69 Å². The second-order valence-corrected chi connectivity index (χ2v) is 10.1. The summed E-state index contributed by atoms with van der Waals surface area (Å²) < 4.78 is 11.6. The Bertz CT molecular complexity index is 1190. The average Bonchev–Trinajstić information content (AvgIpc) is 3.24. The van der Waals surface area contributed by atoms with Crippen molar-refractivity contribution in [2.45, 2.75) is 45.8 Å². The fourth-order valence-electron chi connectivity index (χ4n) is 4.86. The third-order valence-corrected chi connectivity index (χ3v) is 7.09. The van der Waals surface area contributed by atoms with Crippen LogP contribution in [0.5, 0.6) is 6.01 Å². The number of imidazole rings is 1. The molecule has 2 aromatic heterocycles. The van der Waals surface area contributed by atoms with Crippen LogP contribution < -0.4 is 9.64 Å². The zero-order chi connectivity index (χ0) is 24.5. The summed E-state index contributed by atoms with van der Waals surface area (Å²) in [5.41, 5.74) is 4.10. The number of amides is 1. The largest absolute Gasteiger partial charge is 0.461 e. The number of carbonyl (C=O) groups is 1. The maximum atomic E-state index is 12.4. The maximum Gasteiger partial charge on any atom is 0.296 e. The molecule has 1 N–H and O–H groups in total. The molecule has 3 aromatic rings. The van der Waals surface area contributed by atoms with Gasteiger partial charge >= 0.3 is 0 Å². The highest BCUT2D eigenvalue weighted by molar-refractivity contribution is 6.33. The first-order valence-corrected chi connectivity index (χ1v) is 12.7. The normalized spacial score (nSPS) is 21.1. The molecule has 0 saturated carbocycles. The molecule has 5 rings (SSSR count). The van der Waals surface area contributed by atoms with Crippen molar-refractivity contribution in [1.82, 2.24) is 19.9 Å². The average molecular weight is 498 g/mol. The van der Waals surface area contributed by atoms with E-state index in [1.807, 2.05) is 36.9 Å². The molecule has 0 radical (unpaired) electrons. The lowest BCUT2D eigenvalue weighted by atomic mass is 9.99. The van der Waals surface area contributed by atoms with E-state index in [4.69, 9.17) is 26.1 Å². The van der Waals surface area contributed by atoms with E-state index in [9.17, 15) is 4.79 Å². The molecule has 2 atom stereocenters. The zero-order valence-electron chi connectivity index (χ0n) is 20.5. The van der Waals surface area contributed by atoms with E-state index in [0.29, 0.717) is 28.9 Å². The second kappa shape index (κ2) is 10.0. The molecule has 4 heterocycles. The summed E-state index contributed by atoms with van der Waals surface area (Å²) in [6.45, 7) is 9.95. The third kappa shape index (κ3) is 5.09. The van der Waals surface area contributed by atoms with Gasteiger partial charge in [-0.25, -0.2) is 4.98 Å². The number of likely N-dealkylation sites (tertiary alicyclic amines) is 1. The maximum absolute atomic E-state index is 12.4. The predicted octanol–water partition coefficient (Wildman–Crippen LogP) is 4.53. The zero-order valence-corrected chi connectivity index (χ0v) is 21.2. The summed E-state index contributed by atoms with van der Waals surface area (Å²) in [6, 6.07) is 10.7. The lowest BCUT2D eigenvalue weighted by Crippen LogP contribution is -2.48. The molecular formula is C26H32ClN5O3. The van der Waals surface area contributed by atoms with Gasteiger partial charge in [0.25, 0.3) is 6.01 Å². The SMILES string of the molecule is CC(C)C(=O)N1CC[C@H](Oc2nc3nc(-c4ccc(N5CCOCC5)cc4)c(Cl)cc3[nH]2)C[C@H]1C.